The lowest BCUT2D eigenvalue weighted by Gasteiger charge is -2.23. The number of para-hydroxylation sites is 1. The van der Waals surface area contributed by atoms with E-state index in [1.165, 1.54) is 6.07 Å². The number of hydrogen-bond acceptors (Lipinski definition) is 3. The minimum atomic E-state index is -0.650. The number of benzene rings is 3. The van der Waals surface area contributed by atoms with Crippen molar-refractivity contribution in [2.75, 3.05) is 10.6 Å². The second-order valence-electron chi connectivity index (χ2n) is 7.57. The predicted molar refractivity (Wildman–Crippen MR) is 121 cm³/mol. The summed E-state index contributed by atoms with van der Waals surface area (Å²) in [6.45, 7) is 2.25. The summed E-state index contributed by atoms with van der Waals surface area (Å²) in [5.74, 6) is 0.0327. The molecular weight excluding hydrogens is 409 g/mol. The molecule has 1 heterocycles. The highest BCUT2D eigenvalue weighted by Crippen LogP contribution is 2.30. The number of carbonyl (C=O) groups excluding carboxylic acids is 2. The molecule has 7 heteroatoms. The zero-order chi connectivity index (χ0) is 22.5. The third kappa shape index (κ3) is 4.88. The Kier molecular flexibility index (Phi) is 6.35. The largest absolute Gasteiger partial charge is 0.480 e. The number of urea groups is 1. The molecule has 0 bridgehead atoms. The fourth-order valence-corrected chi connectivity index (χ4v) is 3.63. The van der Waals surface area contributed by atoms with Crippen LogP contribution >= 0.6 is 0 Å². The van der Waals surface area contributed by atoms with E-state index >= 15 is 0 Å². The molecule has 32 heavy (non-hydrogen) atoms. The van der Waals surface area contributed by atoms with Crippen LogP contribution in [0.5, 0.6) is 5.75 Å². The normalized spacial score (nSPS) is 15.4. The first-order chi connectivity index (χ1) is 15.5. The van der Waals surface area contributed by atoms with Crippen LogP contribution in [0.3, 0.4) is 0 Å². The van der Waals surface area contributed by atoms with Crippen LogP contribution in [0.15, 0.2) is 72.8 Å². The summed E-state index contributed by atoms with van der Waals surface area (Å²) in [5.41, 5.74) is 2.42. The number of nitrogens with zero attached hydrogens (tertiary/aromatic N) is 1. The van der Waals surface area contributed by atoms with Crippen molar-refractivity contribution < 1.29 is 18.7 Å². The molecule has 4 rings (SSSR count). The lowest BCUT2D eigenvalue weighted by atomic mass is 10.1. The SMILES string of the molecule is CCC1Oc2ccc(NC(=O)Nc3ccccc3)cc2CN(Cc2ccccc2F)C1=O. The van der Waals surface area contributed by atoms with Gasteiger partial charge in [0.25, 0.3) is 5.91 Å². The Morgan fingerprint density at radius 1 is 1.03 bits per heavy atom. The topological polar surface area (TPSA) is 70.7 Å². The first-order valence-corrected chi connectivity index (χ1v) is 10.5. The Balaban J connectivity index is 1.55. The molecule has 1 aliphatic heterocycles. The number of nitrogens with one attached hydrogen (secondary N) is 2. The summed E-state index contributed by atoms with van der Waals surface area (Å²) in [7, 11) is 0. The standard InChI is InChI=1S/C25H24FN3O3/c1-2-22-24(30)29(15-17-8-6-7-11-21(17)26)16-18-14-20(12-13-23(18)32-22)28-25(31)27-19-9-4-3-5-10-19/h3-14,22H,2,15-16H2,1H3,(H2,27,28,31). The molecule has 0 saturated heterocycles. The van der Waals surface area contributed by atoms with E-state index in [9.17, 15) is 14.0 Å². The lowest BCUT2D eigenvalue weighted by Crippen LogP contribution is -2.39. The quantitative estimate of drug-likeness (QED) is 0.583. The summed E-state index contributed by atoms with van der Waals surface area (Å²) in [5, 5.41) is 5.57. The zero-order valence-corrected chi connectivity index (χ0v) is 17.7. The molecule has 0 fully saturated rings. The van der Waals surface area contributed by atoms with Crippen LogP contribution in [-0.2, 0) is 17.9 Å². The van der Waals surface area contributed by atoms with Crippen molar-refractivity contribution in [3.05, 3.63) is 89.7 Å². The maximum atomic E-state index is 14.2. The molecule has 3 aromatic rings. The van der Waals surface area contributed by atoms with Gasteiger partial charge in [0.15, 0.2) is 6.10 Å². The average molecular weight is 433 g/mol. The van der Waals surface area contributed by atoms with Gasteiger partial charge in [-0.1, -0.05) is 43.3 Å². The highest BCUT2D eigenvalue weighted by atomic mass is 19.1. The van der Waals surface area contributed by atoms with Gasteiger partial charge in [-0.05, 0) is 42.8 Å². The van der Waals surface area contributed by atoms with Crippen molar-refractivity contribution in [1.29, 1.82) is 0 Å². The zero-order valence-electron chi connectivity index (χ0n) is 17.7. The predicted octanol–water partition coefficient (Wildman–Crippen LogP) is 5.17. The number of carbonyl (C=O) groups is 2. The summed E-state index contributed by atoms with van der Waals surface area (Å²) in [6, 6.07) is 20.4. The second kappa shape index (κ2) is 9.51. The van der Waals surface area contributed by atoms with Gasteiger partial charge < -0.3 is 20.3 Å². The minimum Gasteiger partial charge on any atom is -0.480 e. The van der Waals surface area contributed by atoms with Crippen molar-refractivity contribution in [3.63, 3.8) is 0 Å². The molecule has 3 aromatic carbocycles. The second-order valence-corrected chi connectivity index (χ2v) is 7.57. The molecule has 0 aliphatic carbocycles. The van der Waals surface area contributed by atoms with Gasteiger partial charge in [-0.15, -0.1) is 0 Å². The third-order valence-electron chi connectivity index (χ3n) is 5.26. The third-order valence-corrected chi connectivity index (χ3v) is 5.26. The summed E-state index contributed by atoms with van der Waals surface area (Å²) < 4.78 is 20.2. The fraction of sp³-hybridized carbons (Fsp3) is 0.200. The number of amides is 3. The molecule has 1 aliphatic rings. The highest BCUT2D eigenvalue weighted by Gasteiger charge is 2.30. The molecule has 0 spiro atoms. The van der Waals surface area contributed by atoms with Crippen LogP contribution in [0.4, 0.5) is 20.6 Å². The molecule has 1 unspecified atom stereocenters. The van der Waals surface area contributed by atoms with Crippen LogP contribution < -0.4 is 15.4 Å². The summed E-state index contributed by atoms with van der Waals surface area (Å²) in [6.07, 6.45) is -0.158. The Labute approximate surface area is 186 Å². The highest BCUT2D eigenvalue weighted by molar-refractivity contribution is 5.99. The van der Waals surface area contributed by atoms with Crippen LogP contribution in [0.25, 0.3) is 0 Å². The van der Waals surface area contributed by atoms with Crippen molar-refractivity contribution in [2.45, 2.75) is 32.5 Å². The number of rotatable bonds is 5. The van der Waals surface area contributed by atoms with E-state index in [1.54, 1.807) is 53.4 Å². The van der Waals surface area contributed by atoms with E-state index in [4.69, 9.17) is 4.74 Å². The van der Waals surface area contributed by atoms with Gasteiger partial charge in [-0.25, -0.2) is 9.18 Å². The Hall–Kier alpha value is -3.87. The van der Waals surface area contributed by atoms with Crippen molar-refractivity contribution >= 4 is 23.3 Å². The van der Waals surface area contributed by atoms with Crippen molar-refractivity contribution in [2.24, 2.45) is 0 Å². The van der Waals surface area contributed by atoms with E-state index in [1.807, 2.05) is 25.1 Å². The van der Waals surface area contributed by atoms with Crippen LogP contribution in [-0.4, -0.2) is 22.9 Å². The van der Waals surface area contributed by atoms with Crippen LogP contribution in [0.1, 0.15) is 24.5 Å². The van der Waals surface area contributed by atoms with Gasteiger partial charge in [0.2, 0.25) is 0 Å². The molecule has 164 valence electrons. The molecule has 2 N–H and O–H groups in total. The van der Waals surface area contributed by atoms with E-state index < -0.39 is 6.10 Å². The molecule has 6 nitrogen and oxygen atoms in total. The van der Waals surface area contributed by atoms with Crippen molar-refractivity contribution in [3.8, 4) is 5.75 Å². The summed E-state index contributed by atoms with van der Waals surface area (Å²) in [4.78, 5) is 27.0. The van der Waals surface area contributed by atoms with Crippen LogP contribution in [0, 0.1) is 5.82 Å². The number of halogens is 1. The first kappa shape index (κ1) is 21.4. The first-order valence-electron chi connectivity index (χ1n) is 10.5. The monoisotopic (exact) mass is 433 g/mol. The molecule has 0 aromatic heterocycles. The minimum absolute atomic E-state index is 0.136. The number of ether oxygens (including phenoxy) is 1. The van der Waals surface area contributed by atoms with E-state index in [-0.39, 0.29) is 30.8 Å². The fourth-order valence-electron chi connectivity index (χ4n) is 3.63. The smallest absolute Gasteiger partial charge is 0.323 e. The van der Waals surface area contributed by atoms with E-state index in [0.717, 1.165) is 5.56 Å². The van der Waals surface area contributed by atoms with Gasteiger partial charge in [0.05, 0.1) is 0 Å². The maximum Gasteiger partial charge on any atom is 0.323 e. The molecule has 1 atom stereocenters. The van der Waals surface area contributed by atoms with Crippen LogP contribution in [0.2, 0.25) is 0 Å². The van der Waals surface area contributed by atoms with Gasteiger partial charge in [0.1, 0.15) is 11.6 Å². The van der Waals surface area contributed by atoms with Gasteiger partial charge in [0, 0.05) is 35.6 Å². The van der Waals surface area contributed by atoms with Gasteiger partial charge >= 0.3 is 6.03 Å². The maximum absolute atomic E-state index is 14.2. The Morgan fingerprint density at radius 3 is 2.50 bits per heavy atom. The Bertz CT molecular complexity index is 1120. The molecule has 0 radical (unpaired) electrons. The Morgan fingerprint density at radius 2 is 1.75 bits per heavy atom. The number of fused-ring (bicyclic) bond motifs is 1. The molecular formula is C25H24FN3O3. The van der Waals surface area contributed by atoms with Crippen molar-refractivity contribution in [1.82, 2.24) is 4.90 Å². The van der Waals surface area contributed by atoms with E-state index in [0.29, 0.717) is 29.1 Å². The summed E-state index contributed by atoms with van der Waals surface area (Å²) >= 11 is 0. The lowest BCUT2D eigenvalue weighted by molar-refractivity contribution is -0.139. The van der Waals surface area contributed by atoms with E-state index in [2.05, 4.69) is 10.6 Å². The average Bonchev–Trinajstić information content (AvgIpc) is 2.92. The molecule has 0 saturated carbocycles. The molecule has 3 amide bonds. The number of anilines is 2. The number of hydrogen-bond donors (Lipinski definition) is 2. The van der Waals surface area contributed by atoms with Gasteiger partial charge in [-0.3, -0.25) is 4.79 Å². The van der Waals surface area contributed by atoms with Gasteiger partial charge in [-0.2, -0.15) is 0 Å².